The number of halogens is 1. The van der Waals surface area contributed by atoms with Crippen LogP contribution in [0.5, 0.6) is 0 Å². The van der Waals surface area contributed by atoms with Crippen LogP contribution >= 0.6 is 0 Å². The SMILES string of the molecule is Cc1ccc(CN2C(=O)CN(CC(=O)NC3CCCCC3C)C(=O)C2c2ccccc2F)cc1. The topological polar surface area (TPSA) is 69.7 Å². The van der Waals surface area contributed by atoms with E-state index in [0.29, 0.717) is 5.92 Å². The summed E-state index contributed by atoms with van der Waals surface area (Å²) >= 11 is 0. The number of carbonyl (C=O) groups excluding carboxylic acids is 3. The van der Waals surface area contributed by atoms with Crippen molar-refractivity contribution in [3.05, 3.63) is 71.0 Å². The Morgan fingerprint density at radius 3 is 2.47 bits per heavy atom. The van der Waals surface area contributed by atoms with Gasteiger partial charge in [0.05, 0.1) is 0 Å². The largest absolute Gasteiger partial charge is 0.352 e. The molecule has 7 heteroatoms. The van der Waals surface area contributed by atoms with Gasteiger partial charge in [-0.25, -0.2) is 4.39 Å². The molecular formula is C27H32FN3O3. The summed E-state index contributed by atoms with van der Waals surface area (Å²) in [6.45, 7) is 3.86. The molecule has 2 aliphatic rings. The molecule has 0 aromatic heterocycles. The van der Waals surface area contributed by atoms with Crippen LogP contribution in [0, 0.1) is 18.7 Å². The zero-order valence-electron chi connectivity index (χ0n) is 19.8. The normalized spacial score (nSPS) is 23.2. The van der Waals surface area contributed by atoms with E-state index in [1.54, 1.807) is 12.1 Å². The summed E-state index contributed by atoms with van der Waals surface area (Å²) in [5, 5.41) is 3.04. The van der Waals surface area contributed by atoms with Crippen molar-refractivity contribution in [2.45, 2.75) is 58.2 Å². The second-order valence-corrected chi connectivity index (χ2v) is 9.56. The highest BCUT2D eigenvalue weighted by molar-refractivity contribution is 5.97. The minimum absolute atomic E-state index is 0.0808. The van der Waals surface area contributed by atoms with Gasteiger partial charge in [0.1, 0.15) is 24.9 Å². The highest BCUT2D eigenvalue weighted by Gasteiger charge is 2.42. The van der Waals surface area contributed by atoms with Crippen molar-refractivity contribution < 1.29 is 18.8 Å². The maximum Gasteiger partial charge on any atom is 0.251 e. The standard InChI is InChI=1S/C27H32FN3O3/c1-18-11-13-20(14-12-18)15-31-25(33)17-30(16-24(32)29-23-10-6-3-7-19(23)2)27(34)26(31)21-8-4-5-9-22(21)28/h4-5,8-9,11-14,19,23,26H,3,6-7,10,15-17H2,1-2H3,(H,29,32). The van der Waals surface area contributed by atoms with Crippen LogP contribution in [0.3, 0.4) is 0 Å². The Kier molecular flexibility index (Phi) is 7.29. The Labute approximate surface area is 200 Å². The van der Waals surface area contributed by atoms with Crippen LogP contribution in [0.2, 0.25) is 0 Å². The number of nitrogens with zero attached hydrogens (tertiary/aromatic N) is 2. The number of hydrogen-bond donors (Lipinski definition) is 1. The minimum Gasteiger partial charge on any atom is -0.352 e. The third-order valence-electron chi connectivity index (χ3n) is 6.97. The predicted octanol–water partition coefficient (Wildman–Crippen LogP) is 3.74. The first-order valence-electron chi connectivity index (χ1n) is 12.0. The second kappa shape index (κ2) is 10.4. The summed E-state index contributed by atoms with van der Waals surface area (Å²) in [5.74, 6) is -1.20. The molecular weight excluding hydrogens is 433 g/mol. The predicted molar refractivity (Wildman–Crippen MR) is 127 cm³/mol. The van der Waals surface area contributed by atoms with Crippen LogP contribution < -0.4 is 5.32 Å². The van der Waals surface area contributed by atoms with Crippen LogP contribution in [0.15, 0.2) is 48.5 Å². The van der Waals surface area contributed by atoms with Crippen LogP contribution in [0.4, 0.5) is 4.39 Å². The third-order valence-corrected chi connectivity index (χ3v) is 6.97. The summed E-state index contributed by atoms with van der Waals surface area (Å²) in [6.07, 6.45) is 4.21. The first-order valence-corrected chi connectivity index (χ1v) is 12.0. The Bertz CT molecular complexity index is 1060. The average Bonchev–Trinajstić information content (AvgIpc) is 2.81. The van der Waals surface area contributed by atoms with Crippen molar-refractivity contribution in [3.8, 4) is 0 Å². The van der Waals surface area contributed by atoms with Crippen molar-refractivity contribution in [1.82, 2.24) is 15.1 Å². The highest BCUT2D eigenvalue weighted by atomic mass is 19.1. The fourth-order valence-corrected chi connectivity index (χ4v) is 4.94. The van der Waals surface area contributed by atoms with E-state index < -0.39 is 17.8 Å². The zero-order valence-corrected chi connectivity index (χ0v) is 19.8. The van der Waals surface area contributed by atoms with Gasteiger partial charge in [-0.15, -0.1) is 0 Å². The van der Waals surface area contributed by atoms with Crippen molar-refractivity contribution in [1.29, 1.82) is 0 Å². The lowest BCUT2D eigenvalue weighted by atomic mass is 9.86. The fraction of sp³-hybridized carbons (Fsp3) is 0.444. The Hall–Kier alpha value is -3.22. The maximum atomic E-state index is 14.8. The van der Waals surface area contributed by atoms with Gasteiger partial charge in [-0.1, -0.05) is 67.8 Å². The quantitative estimate of drug-likeness (QED) is 0.707. The van der Waals surface area contributed by atoms with Crippen LogP contribution in [-0.2, 0) is 20.9 Å². The number of aryl methyl sites for hydroxylation is 1. The lowest BCUT2D eigenvalue weighted by Gasteiger charge is -2.40. The number of nitrogens with one attached hydrogen (secondary N) is 1. The smallest absolute Gasteiger partial charge is 0.251 e. The molecule has 1 N–H and O–H groups in total. The zero-order chi connectivity index (χ0) is 24.2. The molecule has 1 saturated heterocycles. The van der Waals surface area contributed by atoms with E-state index in [0.717, 1.165) is 36.8 Å². The molecule has 0 radical (unpaired) electrons. The van der Waals surface area contributed by atoms with E-state index >= 15 is 0 Å². The molecule has 3 atom stereocenters. The van der Waals surface area contributed by atoms with Gasteiger partial charge in [-0.2, -0.15) is 0 Å². The number of amides is 3. The van der Waals surface area contributed by atoms with Gasteiger partial charge in [0.25, 0.3) is 5.91 Å². The van der Waals surface area contributed by atoms with Crippen LogP contribution in [-0.4, -0.2) is 46.7 Å². The summed E-state index contributed by atoms with van der Waals surface area (Å²) in [5.41, 5.74) is 2.07. The molecule has 180 valence electrons. The molecule has 2 fully saturated rings. The number of rotatable bonds is 6. The van der Waals surface area contributed by atoms with E-state index in [1.165, 1.54) is 21.9 Å². The fourth-order valence-electron chi connectivity index (χ4n) is 4.94. The molecule has 2 aromatic rings. The van der Waals surface area contributed by atoms with E-state index in [2.05, 4.69) is 12.2 Å². The lowest BCUT2D eigenvalue weighted by molar-refractivity contribution is -0.158. The number of benzene rings is 2. The van der Waals surface area contributed by atoms with Crippen molar-refractivity contribution >= 4 is 17.7 Å². The summed E-state index contributed by atoms with van der Waals surface area (Å²) in [4.78, 5) is 42.2. The second-order valence-electron chi connectivity index (χ2n) is 9.56. The van der Waals surface area contributed by atoms with Gasteiger partial charge in [0, 0.05) is 18.2 Å². The van der Waals surface area contributed by atoms with Crippen LogP contribution in [0.25, 0.3) is 0 Å². The molecule has 3 amide bonds. The molecule has 0 spiro atoms. The first-order chi connectivity index (χ1) is 16.3. The van der Waals surface area contributed by atoms with Gasteiger partial charge >= 0.3 is 0 Å². The molecule has 1 saturated carbocycles. The lowest BCUT2D eigenvalue weighted by Crippen LogP contribution is -2.57. The summed E-state index contributed by atoms with van der Waals surface area (Å²) in [6, 6.07) is 12.6. The first kappa shape index (κ1) is 23.9. The molecule has 4 rings (SSSR count). The Morgan fingerprint density at radius 2 is 1.76 bits per heavy atom. The Morgan fingerprint density at radius 1 is 1.06 bits per heavy atom. The van der Waals surface area contributed by atoms with Gasteiger partial charge in [-0.3, -0.25) is 14.4 Å². The monoisotopic (exact) mass is 465 g/mol. The number of carbonyl (C=O) groups is 3. The summed E-state index contributed by atoms with van der Waals surface area (Å²) < 4.78 is 14.8. The molecule has 3 unspecified atom stereocenters. The van der Waals surface area contributed by atoms with Gasteiger partial charge in [-0.05, 0) is 37.3 Å². The van der Waals surface area contributed by atoms with Gasteiger partial charge < -0.3 is 15.1 Å². The molecule has 2 aromatic carbocycles. The molecule has 1 aliphatic carbocycles. The van der Waals surface area contributed by atoms with Crippen molar-refractivity contribution in [2.24, 2.45) is 5.92 Å². The maximum absolute atomic E-state index is 14.8. The third kappa shape index (κ3) is 5.29. The highest BCUT2D eigenvalue weighted by Crippen LogP contribution is 2.31. The van der Waals surface area contributed by atoms with Gasteiger partial charge in [0.15, 0.2) is 0 Å². The van der Waals surface area contributed by atoms with E-state index in [9.17, 15) is 18.8 Å². The van der Waals surface area contributed by atoms with E-state index in [4.69, 9.17) is 0 Å². The van der Waals surface area contributed by atoms with Crippen molar-refractivity contribution in [3.63, 3.8) is 0 Å². The molecule has 0 bridgehead atoms. The Balaban J connectivity index is 1.56. The molecule has 1 aliphatic heterocycles. The number of piperazine rings is 1. The molecule has 6 nitrogen and oxygen atoms in total. The summed E-state index contributed by atoms with van der Waals surface area (Å²) in [7, 11) is 0. The molecule has 1 heterocycles. The van der Waals surface area contributed by atoms with Crippen LogP contribution in [0.1, 0.15) is 55.3 Å². The molecule has 34 heavy (non-hydrogen) atoms. The average molecular weight is 466 g/mol. The van der Waals surface area contributed by atoms with Crippen molar-refractivity contribution in [2.75, 3.05) is 13.1 Å². The van der Waals surface area contributed by atoms with E-state index in [-0.39, 0.29) is 43.1 Å². The van der Waals surface area contributed by atoms with Gasteiger partial charge in [0.2, 0.25) is 11.8 Å². The number of hydrogen-bond acceptors (Lipinski definition) is 3. The minimum atomic E-state index is -1.12. The van der Waals surface area contributed by atoms with E-state index in [1.807, 2.05) is 31.2 Å².